The van der Waals surface area contributed by atoms with Crippen molar-refractivity contribution in [3.05, 3.63) is 30.1 Å². The van der Waals surface area contributed by atoms with Gasteiger partial charge in [0.1, 0.15) is 6.17 Å². The van der Waals surface area contributed by atoms with Crippen molar-refractivity contribution in [3.8, 4) is 0 Å². The number of benzene rings is 1. The summed E-state index contributed by atoms with van der Waals surface area (Å²) in [5.74, 6) is 0. The molecule has 0 saturated carbocycles. The zero-order valence-electron chi connectivity index (χ0n) is 6.86. The highest BCUT2D eigenvalue weighted by atomic mass is 16.5. The quantitative estimate of drug-likeness (QED) is 0.398. The fourth-order valence-electron chi connectivity index (χ4n) is 1.22. The summed E-state index contributed by atoms with van der Waals surface area (Å²) in [6.07, 6.45) is 1.06. The predicted molar refractivity (Wildman–Crippen MR) is 47.9 cm³/mol. The van der Waals surface area contributed by atoms with Crippen LogP contribution < -0.4 is 11.2 Å². The van der Waals surface area contributed by atoms with E-state index in [2.05, 4.69) is 9.97 Å². The van der Waals surface area contributed by atoms with Crippen LogP contribution in [0.4, 0.5) is 0 Å². The van der Waals surface area contributed by atoms with Crippen LogP contribution in [-0.2, 0) is 0 Å². The highest BCUT2D eigenvalue weighted by molar-refractivity contribution is 5.75. The predicted octanol–water partition coefficient (Wildman–Crippen LogP) is 0.499. The molecule has 1 atom stereocenters. The molecule has 0 aliphatic rings. The highest BCUT2D eigenvalue weighted by Crippen LogP contribution is 2.14. The van der Waals surface area contributed by atoms with Crippen LogP contribution in [-0.4, -0.2) is 15.2 Å². The first kappa shape index (κ1) is 8.18. The van der Waals surface area contributed by atoms with Crippen LogP contribution in [0, 0.1) is 0 Å². The van der Waals surface area contributed by atoms with Crippen LogP contribution >= 0.6 is 0 Å². The van der Waals surface area contributed by atoms with Gasteiger partial charge < -0.3 is 15.9 Å². The van der Waals surface area contributed by atoms with Gasteiger partial charge in [0.05, 0.1) is 17.4 Å². The molecule has 5 nitrogen and oxygen atoms in total. The Bertz CT molecular complexity index is 411. The van der Waals surface area contributed by atoms with Crippen molar-refractivity contribution < 1.29 is 5.21 Å². The minimum Gasteiger partial charge on any atom is -0.345 e. The largest absolute Gasteiger partial charge is 0.345 e. The number of nitrogens with one attached hydrogen (secondary N) is 2. The summed E-state index contributed by atoms with van der Waals surface area (Å²) < 4.78 is 0. The SMILES string of the molecule is NC(NO)c1ccc2nc[nH]c2c1. The molecule has 5 N–H and O–H groups in total. The van der Waals surface area contributed by atoms with Gasteiger partial charge in [-0.25, -0.2) is 4.98 Å². The first-order chi connectivity index (χ1) is 6.31. The Morgan fingerprint density at radius 3 is 3.15 bits per heavy atom. The lowest BCUT2D eigenvalue weighted by Gasteiger charge is -2.08. The van der Waals surface area contributed by atoms with E-state index in [-0.39, 0.29) is 0 Å². The first-order valence-electron chi connectivity index (χ1n) is 3.89. The number of hydrogen-bond acceptors (Lipinski definition) is 4. The second kappa shape index (κ2) is 3.14. The standard InChI is InChI=1S/C8H10N4O/c9-8(12-13)5-1-2-6-7(3-5)11-4-10-6/h1-4,8,12-13H,9H2,(H,10,11). The number of imidazole rings is 1. The molecule has 2 aromatic rings. The Balaban J connectivity index is 2.48. The number of fused-ring (bicyclic) bond motifs is 1. The maximum absolute atomic E-state index is 8.61. The van der Waals surface area contributed by atoms with Crippen molar-refractivity contribution in [2.24, 2.45) is 5.73 Å². The molecule has 1 unspecified atom stereocenters. The van der Waals surface area contributed by atoms with Crippen LogP contribution in [0.5, 0.6) is 0 Å². The lowest BCUT2D eigenvalue weighted by Crippen LogP contribution is -2.25. The van der Waals surface area contributed by atoms with Crippen LogP contribution in [0.2, 0.25) is 0 Å². The van der Waals surface area contributed by atoms with Crippen molar-refractivity contribution in [3.63, 3.8) is 0 Å². The summed E-state index contributed by atoms with van der Waals surface area (Å²) in [6, 6.07) is 5.51. The fourth-order valence-corrected chi connectivity index (χ4v) is 1.22. The number of rotatable bonds is 2. The Kier molecular flexibility index (Phi) is 1.97. The average molecular weight is 178 g/mol. The summed E-state index contributed by atoms with van der Waals surface area (Å²) in [5, 5.41) is 8.61. The lowest BCUT2D eigenvalue weighted by atomic mass is 10.1. The molecule has 68 valence electrons. The van der Waals surface area contributed by atoms with Crippen molar-refractivity contribution >= 4 is 11.0 Å². The number of nitrogens with two attached hydrogens (primary N) is 1. The molecular formula is C8H10N4O. The van der Waals surface area contributed by atoms with Gasteiger partial charge in [0.2, 0.25) is 0 Å². The monoisotopic (exact) mass is 178 g/mol. The number of hydroxylamine groups is 1. The lowest BCUT2D eigenvalue weighted by molar-refractivity contribution is 0.128. The highest BCUT2D eigenvalue weighted by Gasteiger charge is 2.04. The molecule has 0 radical (unpaired) electrons. The Morgan fingerprint density at radius 1 is 1.54 bits per heavy atom. The topological polar surface area (TPSA) is 87.0 Å². The Hall–Kier alpha value is -1.43. The molecular weight excluding hydrogens is 168 g/mol. The van der Waals surface area contributed by atoms with Crippen LogP contribution in [0.3, 0.4) is 0 Å². The summed E-state index contributed by atoms with van der Waals surface area (Å²) in [7, 11) is 0. The zero-order valence-corrected chi connectivity index (χ0v) is 6.86. The molecule has 0 aliphatic carbocycles. The number of nitrogens with zero attached hydrogens (tertiary/aromatic N) is 1. The number of H-pyrrole nitrogens is 1. The van der Waals surface area contributed by atoms with Crippen molar-refractivity contribution in [2.75, 3.05) is 0 Å². The fraction of sp³-hybridized carbons (Fsp3) is 0.125. The van der Waals surface area contributed by atoms with Gasteiger partial charge in [0.25, 0.3) is 0 Å². The van der Waals surface area contributed by atoms with Gasteiger partial charge in [0, 0.05) is 0 Å². The molecule has 0 fully saturated rings. The third kappa shape index (κ3) is 1.40. The normalized spacial score (nSPS) is 13.4. The molecule has 0 spiro atoms. The van der Waals surface area contributed by atoms with Gasteiger partial charge >= 0.3 is 0 Å². The minimum absolute atomic E-state index is 0.562. The van der Waals surface area contributed by atoms with Crippen molar-refractivity contribution in [1.82, 2.24) is 15.4 Å². The Morgan fingerprint density at radius 2 is 2.38 bits per heavy atom. The van der Waals surface area contributed by atoms with Gasteiger partial charge in [-0.3, -0.25) is 0 Å². The van der Waals surface area contributed by atoms with Gasteiger partial charge in [-0.15, -0.1) is 0 Å². The van der Waals surface area contributed by atoms with Crippen molar-refractivity contribution in [1.29, 1.82) is 0 Å². The minimum atomic E-state index is -0.562. The second-order valence-electron chi connectivity index (χ2n) is 2.79. The maximum Gasteiger partial charge on any atom is 0.104 e. The van der Waals surface area contributed by atoms with Gasteiger partial charge in [-0.05, 0) is 17.7 Å². The van der Waals surface area contributed by atoms with E-state index in [1.54, 1.807) is 6.33 Å². The van der Waals surface area contributed by atoms with E-state index >= 15 is 0 Å². The molecule has 13 heavy (non-hydrogen) atoms. The third-order valence-electron chi connectivity index (χ3n) is 1.94. The molecule has 1 aromatic carbocycles. The smallest absolute Gasteiger partial charge is 0.104 e. The molecule has 0 aliphatic heterocycles. The first-order valence-corrected chi connectivity index (χ1v) is 3.89. The van der Waals surface area contributed by atoms with E-state index in [9.17, 15) is 0 Å². The van der Waals surface area contributed by atoms with Gasteiger partial charge in [-0.1, -0.05) is 6.07 Å². The molecule has 1 heterocycles. The van der Waals surface area contributed by atoms with Crippen LogP contribution in [0.25, 0.3) is 11.0 Å². The van der Waals surface area contributed by atoms with E-state index in [0.717, 1.165) is 16.6 Å². The summed E-state index contributed by atoms with van der Waals surface area (Å²) >= 11 is 0. The molecule has 0 amide bonds. The molecule has 2 rings (SSSR count). The van der Waals surface area contributed by atoms with E-state index in [4.69, 9.17) is 10.9 Å². The summed E-state index contributed by atoms with van der Waals surface area (Å²) in [6.45, 7) is 0. The third-order valence-corrected chi connectivity index (χ3v) is 1.94. The van der Waals surface area contributed by atoms with E-state index < -0.39 is 6.17 Å². The number of hydrogen-bond donors (Lipinski definition) is 4. The molecule has 1 aromatic heterocycles. The number of aromatic amines is 1. The van der Waals surface area contributed by atoms with Crippen LogP contribution in [0.15, 0.2) is 24.5 Å². The van der Waals surface area contributed by atoms with Crippen molar-refractivity contribution in [2.45, 2.75) is 6.17 Å². The second-order valence-corrected chi connectivity index (χ2v) is 2.79. The van der Waals surface area contributed by atoms with E-state index in [0.29, 0.717) is 0 Å². The maximum atomic E-state index is 8.61. The van der Waals surface area contributed by atoms with Gasteiger partial charge in [-0.2, -0.15) is 5.48 Å². The van der Waals surface area contributed by atoms with E-state index in [1.165, 1.54) is 0 Å². The molecule has 5 heteroatoms. The Labute approximate surface area is 74.5 Å². The van der Waals surface area contributed by atoms with Crippen LogP contribution in [0.1, 0.15) is 11.7 Å². The average Bonchev–Trinajstić information content (AvgIpc) is 2.63. The molecule has 0 saturated heterocycles. The number of aromatic nitrogens is 2. The van der Waals surface area contributed by atoms with Gasteiger partial charge in [0.15, 0.2) is 0 Å². The summed E-state index contributed by atoms with van der Waals surface area (Å²) in [5.41, 5.74) is 10.1. The zero-order chi connectivity index (χ0) is 9.26. The molecule has 0 bridgehead atoms. The van der Waals surface area contributed by atoms with E-state index in [1.807, 2.05) is 23.7 Å². The summed E-state index contributed by atoms with van der Waals surface area (Å²) in [4.78, 5) is 7.03.